The number of aromatic nitrogens is 2. The van der Waals surface area contributed by atoms with Crippen molar-refractivity contribution in [2.45, 2.75) is 45.3 Å². The number of aryl methyl sites for hydroxylation is 1. The molecule has 1 aromatic carbocycles. The summed E-state index contributed by atoms with van der Waals surface area (Å²) >= 11 is 0. The Balaban J connectivity index is 1.86. The van der Waals surface area contributed by atoms with Gasteiger partial charge in [0.25, 0.3) is 0 Å². The third-order valence-electron chi connectivity index (χ3n) is 4.93. The smallest absolute Gasteiger partial charge is 0.269 e. The monoisotopic (exact) mass is 378 g/mol. The van der Waals surface area contributed by atoms with Gasteiger partial charge in [-0.25, -0.2) is 4.39 Å². The molecule has 2 aromatic rings. The molecule has 0 amide bonds. The lowest BCUT2D eigenvalue weighted by Gasteiger charge is -2.12. The van der Waals surface area contributed by atoms with Crippen LogP contribution in [-0.4, -0.2) is 16.0 Å². The molecule has 3 rings (SSSR count). The standard InChI is InChI=1S/C21H22F4N2/c1-13(2)18(10-14(3)21(23,24)25)19-12-20-16(8-9-27(20)26-19)11-15-4-6-17(22)7-5-15/h4-7,10,12-13,16H,3,8-9,11H2,1-2H3/b18-10+. The van der Waals surface area contributed by atoms with E-state index in [-0.39, 0.29) is 17.7 Å². The van der Waals surface area contributed by atoms with E-state index in [0.29, 0.717) is 11.3 Å². The first-order valence-corrected chi connectivity index (χ1v) is 8.95. The number of benzene rings is 1. The largest absolute Gasteiger partial charge is 0.415 e. The highest BCUT2D eigenvalue weighted by molar-refractivity contribution is 5.67. The van der Waals surface area contributed by atoms with Crippen LogP contribution in [0.3, 0.4) is 0 Å². The van der Waals surface area contributed by atoms with Crippen LogP contribution in [0.5, 0.6) is 0 Å². The highest BCUT2D eigenvalue weighted by atomic mass is 19.4. The van der Waals surface area contributed by atoms with Crippen molar-refractivity contribution in [3.63, 3.8) is 0 Å². The van der Waals surface area contributed by atoms with Gasteiger partial charge in [-0.15, -0.1) is 0 Å². The van der Waals surface area contributed by atoms with Gasteiger partial charge in [-0.05, 0) is 54.2 Å². The van der Waals surface area contributed by atoms with Crippen molar-refractivity contribution in [2.24, 2.45) is 5.92 Å². The van der Waals surface area contributed by atoms with E-state index in [1.807, 2.05) is 24.6 Å². The molecule has 0 saturated heterocycles. The Labute approximate surface area is 156 Å². The normalized spacial score (nSPS) is 17.4. The van der Waals surface area contributed by atoms with Crippen LogP contribution in [0, 0.1) is 11.7 Å². The third kappa shape index (κ3) is 4.31. The Hall–Kier alpha value is -2.37. The predicted molar refractivity (Wildman–Crippen MR) is 97.7 cm³/mol. The summed E-state index contributed by atoms with van der Waals surface area (Å²) in [4.78, 5) is 0. The summed E-state index contributed by atoms with van der Waals surface area (Å²) in [6, 6.07) is 8.30. The zero-order chi connectivity index (χ0) is 19.8. The van der Waals surface area contributed by atoms with Gasteiger partial charge in [-0.1, -0.05) is 32.6 Å². The van der Waals surface area contributed by atoms with E-state index < -0.39 is 11.7 Å². The lowest BCUT2D eigenvalue weighted by molar-refractivity contribution is -0.0877. The molecule has 0 radical (unpaired) electrons. The molecule has 1 aliphatic rings. The van der Waals surface area contributed by atoms with E-state index in [1.54, 1.807) is 12.1 Å². The molecule has 2 nitrogen and oxygen atoms in total. The van der Waals surface area contributed by atoms with Crippen LogP contribution in [0.2, 0.25) is 0 Å². The first-order valence-electron chi connectivity index (χ1n) is 8.95. The van der Waals surface area contributed by atoms with Crippen LogP contribution in [-0.2, 0) is 13.0 Å². The Bertz CT molecular complexity index is 857. The Kier molecular flexibility index (Phi) is 5.27. The minimum atomic E-state index is -4.45. The number of alkyl halides is 3. The quantitative estimate of drug-likeness (QED) is 0.467. The van der Waals surface area contributed by atoms with Crippen LogP contribution >= 0.6 is 0 Å². The fraction of sp³-hybridized carbons (Fsp3) is 0.381. The van der Waals surface area contributed by atoms with Gasteiger partial charge in [-0.3, -0.25) is 4.68 Å². The Morgan fingerprint density at radius 1 is 1.30 bits per heavy atom. The molecule has 0 N–H and O–H groups in total. The maximum atomic E-state index is 13.1. The van der Waals surface area contributed by atoms with Crippen LogP contribution in [0.25, 0.3) is 5.57 Å². The van der Waals surface area contributed by atoms with Crippen LogP contribution in [0.1, 0.15) is 43.1 Å². The highest BCUT2D eigenvalue weighted by Crippen LogP contribution is 2.36. The number of fused-ring (bicyclic) bond motifs is 1. The minimum absolute atomic E-state index is 0.115. The molecular weight excluding hydrogens is 356 g/mol. The van der Waals surface area contributed by atoms with Crippen molar-refractivity contribution in [1.29, 1.82) is 0 Å². The van der Waals surface area contributed by atoms with E-state index in [9.17, 15) is 17.6 Å². The number of nitrogens with zero attached hydrogens (tertiary/aromatic N) is 2. The van der Waals surface area contributed by atoms with Gasteiger partial charge in [-0.2, -0.15) is 18.3 Å². The summed E-state index contributed by atoms with van der Waals surface area (Å²) in [6.45, 7) is 7.56. The van der Waals surface area contributed by atoms with Crippen molar-refractivity contribution in [2.75, 3.05) is 0 Å². The fourth-order valence-corrected chi connectivity index (χ4v) is 3.42. The summed E-state index contributed by atoms with van der Waals surface area (Å²) < 4.78 is 53.6. The first-order chi connectivity index (χ1) is 12.6. The van der Waals surface area contributed by atoms with E-state index in [1.165, 1.54) is 12.1 Å². The lowest BCUT2D eigenvalue weighted by Crippen LogP contribution is -2.10. The summed E-state index contributed by atoms with van der Waals surface area (Å²) in [6.07, 6.45) is -1.69. The molecule has 27 heavy (non-hydrogen) atoms. The molecule has 2 heterocycles. The fourth-order valence-electron chi connectivity index (χ4n) is 3.42. The van der Waals surface area contributed by atoms with Crippen molar-refractivity contribution in [1.82, 2.24) is 9.78 Å². The molecule has 0 spiro atoms. The summed E-state index contributed by atoms with van der Waals surface area (Å²) in [5, 5.41) is 4.53. The van der Waals surface area contributed by atoms with Gasteiger partial charge >= 0.3 is 6.18 Å². The molecule has 0 saturated carbocycles. The summed E-state index contributed by atoms with van der Waals surface area (Å²) in [5.74, 6) is -0.166. The van der Waals surface area contributed by atoms with Gasteiger partial charge in [0.05, 0.1) is 5.69 Å². The zero-order valence-corrected chi connectivity index (χ0v) is 15.4. The minimum Gasteiger partial charge on any atom is -0.269 e. The molecular formula is C21H22F4N2. The van der Waals surface area contributed by atoms with Crippen LogP contribution in [0.4, 0.5) is 17.6 Å². The molecule has 1 aromatic heterocycles. The number of halogens is 4. The molecule has 1 aliphatic heterocycles. The second kappa shape index (κ2) is 7.33. The van der Waals surface area contributed by atoms with Gasteiger partial charge < -0.3 is 0 Å². The average molecular weight is 378 g/mol. The molecule has 1 atom stereocenters. The number of hydrogen-bond acceptors (Lipinski definition) is 1. The van der Waals surface area contributed by atoms with Crippen molar-refractivity contribution in [3.05, 3.63) is 71.3 Å². The SMILES string of the molecule is C=C(/C=C(/c1cc2n(n1)CCC2Cc1ccc(F)cc1)C(C)C)C(F)(F)F. The van der Waals surface area contributed by atoms with E-state index in [0.717, 1.165) is 36.7 Å². The van der Waals surface area contributed by atoms with Gasteiger partial charge in [0.2, 0.25) is 0 Å². The third-order valence-corrected chi connectivity index (χ3v) is 4.93. The highest BCUT2D eigenvalue weighted by Gasteiger charge is 2.32. The second-order valence-corrected chi connectivity index (χ2v) is 7.27. The summed E-state index contributed by atoms with van der Waals surface area (Å²) in [5.41, 5.74) is 2.26. The number of hydrogen-bond donors (Lipinski definition) is 0. The number of rotatable bonds is 5. The lowest BCUT2D eigenvalue weighted by atomic mass is 9.93. The number of allylic oxidation sites excluding steroid dienone is 3. The van der Waals surface area contributed by atoms with Crippen LogP contribution in [0.15, 0.2) is 48.6 Å². The Morgan fingerprint density at radius 3 is 2.56 bits per heavy atom. The molecule has 6 heteroatoms. The molecule has 1 unspecified atom stereocenters. The molecule has 144 valence electrons. The molecule has 0 bridgehead atoms. The maximum absolute atomic E-state index is 13.1. The average Bonchev–Trinajstić information content (AvgIpc) is 3.15. The topological polar surface area (TPSA) is 17.8 Å². The van der Waals surface area contributed by atoms with E-state index in [2.05, 4.69) is 11.7 Å². The zero-order valence-electron chi connectivity index (χ0n) is 15.4. The van der Waals surface area contributed by atoms with Crippen molar-refractivity contribution >= 4 is 5.57 Å². The Morgan fingerprint density at radius 2 is 1.96 bits per heavy atom. The summed E-state index contributed by atoms with van der Waals surface area (Å²) in [7, 11) is 0. The second-order valence-electron chi connectivity index (χ2n) is 7.27. The predicted octanol–water partition coefficient (Wildman–Crippen LogP) is 5.91. The van der Waals surface area contributed by atoms with Gasteiger partial charge in [0, 0.05) is 23.7 Å². The van der Waals surface area contributed by atoms with Gasteiger partial charge in [0.1, 0.15) is 5.82 Å². The molecule has 0 fully saturated rings. The van der Waals surface area contributed by atoms with E-state index in [4.69, 9.17) is 0 Å². The maximum Gasteiger partial charge on any atom is 0.415 e. The first kappa shape index (κ1) is 19.4. The van der Waals surface area contributed by atoms with Crippen LogP contribution < -0.4 is 0 Å². The van der Waals surface area contributed by atoms with E-state index >= 15 is 0 Å². The molecule has 0 aliphatic carbocycles. The van der Waals surface area contributed by atoms with Crippen molar-refractivity contribution in [3.8, 4) is 0 Å². The van der Waals surface area contributed by atoms with Gasteiger partial charge in [0.15, 0.2) is 0 Å². The van der Waals surface area contributed by atoms with Crippen molar-refractivity contribution < 1.29 is 17.6 Å².